The van der Waals surface area contributed by atoms with E-state index in [0.717, 1.165) is 0 Å². The molecule has 1 heterocycles. The Labute approximate surface area is 129 Å². The summed E-state index contributed by atoms with van der Waals surface area (Å²) in [6.45, 7) is 5.34. The van der Waals surface area contributed by atoms with Crippen LogP contribution in [0.4, 0.5) is 5.69 Å². The number of hydrogen-bond acceptors (Lipinski definition) is 6. The fourth-order valence-corrected chi connectivity index (χ4v) is 4.51. The highest BCUT2D eigenvalue weighted by Gasteiger charge is 2.37. The van der Waals surface area contributed by atoms with Gasteiger partial charge in [0.05, 0.1) is 16.4 Å². The third-order valence-electron chi connectivity index (χ3n) is 3.78. The van der Waals surface area contributed by atoms with Gasteiger partial charge in [0, 0.05) is 30.8 Å². The molecule has 1 aliphatic heterocycles. The van der Waals surface area contributed by atoms with Crippen molar-refractivity contribution in [1.82, 2.24) is 4.90 Å². The second-order valence-electron chi connectivity index (χ2n) is 5.99. The molecule has 2 rings (SSSR count). The van der Waals surface area contributed by atoms with Gasteiger partial charge in [-0.05, 0) is 26.0 Å². The number of nitrogens with zero attached hydrogens (tertiary/aromatic N) is 2. The molecule has 0 atom stereocenters. The first-order chi connectivity index (χ1) is 10.2. The summed E-state index contributed by atoms with van der Waals surface area (Å²) in [6.07, 6.45) is 0. The molecule has 0 aromatic heterocycles. The quantitative estimate of drug-likeness (QED) is 0.601. The van der Waals surface area contributed by atoms with E-state index in [-0.39, 0.29) is 17.2 Å². The summed E-state index contributed by atoms with van der Waals surface area (Å²) in [5.74, 6) is 0.888. The van der Waals surface area contributed by atoms with Gasteiger partial charge in [0.15, 0.2) is 9.84 Å². The zero-order valence-electron chi connectivity index (χ0n) is 12.7. The summed E-state index contributed by atoms with van der Waals surface area (Å²) >= 11 is 0. The Hall–Kier alpha value is -1.67. The van der Waals surface area contributed by atoms with E-state index in [9.17, 15) is 18.5 Å². The van der Waals surface area contributed by atoms with Crippen LogP contribution in [0.25, 0.3) is 0 Å². The predicted molar refractivity (Wildman–Crippen MR) is 82.9 cm³/mol. The molecule has 22 heavy (non-hydrogen) atoms. The Morgan fingerprint density at radius 1 is 1.32 bits per heavy atom. The van der Waals surface area contributed by atoms with Gasteiger partial charge in [0.2, 0.25) is 0 Å². The van der Waals surface area contributed by atoms with Gasteiger partial charge in [-0.1, -0.05) is 0 Å². The van der Waals surface area contributed by atoms with Gasteiger partial charge < -0.3 is 4.74 Å². The van der Waals surface area contributed by atoms with Gasteiger partial charge in [0.1, 0.15) is 12.4 Å². The summed E-state index contributed by atoms with van der Waals surface area (Å²) in [5, 5.41) is 10.6. The molecule has 0 aliphatic carbocycles. The van der Waals surface area contributed by atoms with E-state index in [2.05, 4.69) is 4.90 Å². The lowest BCUT2D eigenvalue weighted by Crippen LogP contribution is -2.56. The molecule has 1 aromatic carbocycles. The van der Waals surface area contributed by atoms with Gasteiger partial charge in [-0.15, -0.1) is 0 Å². The Morgan fingerprint density at radius 3 is 2.50 bits per heavy atom. The minimum atomic E-state index is -2.96. The summed E-state index contributed by atoms with van der Waals surface area (Å²) in [6, 6.07) is 5.91. The normalized spacial score (nSPS) is 20.5. The minimum Gasteiger partial charge on any atom is -0.492 e. The molecule has 0 amide bonds. The zero-order chi connectivity index (χ0) is 16.4. The molecule has 0 N–H and O–H groups in total. The van der Waals surface area contributed by atoms with Crippen molar-refractivity contribution in [3.63, 3.8) is 0 Å². The number of rotatable bonds is 5. The van der Waals surface area contributed by atoms with Crippen LogP contribution >= 0.6 is 0 Å². The molecule has 1 fully saturated rings. The molecule has 0 saturated carbocycles. The van der Waals surface area contributed by atoms with Crippen LogP contribution in [0.5, 0.6) is 5.75 Å². The van der Waals surface area contributed by atoms with Crippen LogP contribution in [-0.4, -0.2) is 55.0 Å². The average Bonchev–Trinajstić information content (AvgIpc) is 2.40. The largest absolute Gasteiger partial charge is 0.492 e. The van der Waals surface area contributed by atoms with E-state index in [0.29, 0.717) is 25.4 Å². The average molecular weight is 328 g/mol. The van der Waals surface area contributed by atoms with Crippen molar-refractivity contribution in [2.75, 3.05) is 31.2 Å². The molecule has 1 saturated heterocycles. The first-order valence-electron chi connectivity index (χ1n) is 7.02. The van der Waals surface area contributed by atoms with E-state index in [1.54, 1.807) is 12.1 Å². The fraction of sp³-hybridized carbons (Fsp3) is 0.571. The summed E-state index contributed by atoms with van der Waals surface area (Å²) < 4.78 is 28.9. The van der Waals surface area contributed by atoms with Crippen LogP contribution < -0.4 is 4.74 Å². The molecule has 0 unspecified atom stereocenters. The first kappa shape index (κ1) is 16.7. The van der Waals surface area contributed by atoms with Gasteiger partial charge in [-0.2, -0.15) is 0 Å². The third-order valence-corrected chi connectivity index (χ3v) is 5.73. The van der Waals surface area contributed by atoms with Crippen molar-refractivity contribution in [2.24, 2.45) is 0 Å². The van der Waals surface area contributed by atoms with Crippen LogP contribution in [0.15, 0.2) is 24.3 Å². The summed E-state index contributed by atoms with van der Waals surface area (Å²) in [5.41, 5.74) is -0.384. The molecular weight excluding hydrogens is 308 g/mol. The third kappa shape index (κ3) is 4.17. The number of ether oxygens (including phenoxy) is 1. The zero-order valence-corrected chi connectivity index (χ0v) is 13.5. The molecule has 1 aliphatic rings. The van der Waals surface area contributed by atoms with Crippen molar-refractivity contribution in [3.05, 3.63) is 34.4 Å². The molecule has 0 bridgehead atoms. The maximum Gasteiger partial charge on any atom is 0.269 e. The number of nitro benzene ring substituents is 1. The van der Waals surface area contributed by atoms with Crippen molar-refractivity contribution in [3.8, 4) is 5.75 Å². The van der Waals surface area contributed by atoms with Crippen LogP contribution in [0, 0.1) is 10.1 Å². The highest BCUT2D eigenvalue weighted by Crippen LogP contribution is 2.22. The predicted octanol–water partition coefficient (Wildman–Crippen LogP) is 1.48. The van der Waals surface area contributed by atoms with E-state index in [1.165, 1.54) is 12.1 Å². The topological polar surface area (TPSA) is 89.8 Å². The van der Waals surface area contributed by atoms with Crippen LogP contribution in [0.2, 0.25) is 0 Å². The number of non-ortho nitro benzene ring substituents is 1. The second kappa shape index (κ2) is 6.21. The number of benzene rings is 1. The van der Waals surface area contributed by atoms with Gasteiger partial charge in [0.25, 0.3) is 5.69 Å². The summed E-state index contributed by atoms with van der Waals surface area (Å²) in [4.78, 5) is 12.2. The molecule has 122 valence electrons. The van der Waals surface area contributed by atoms with Crippen molar-refractivity contribution in [2.45, 2.75) is 19.4 Å². The van der Waals surface area contributed by atoms with Crippen LogP contribution in [0.1, 0.15) is 13.8 Å². The molecule has 0 radical (unpaired) electrons. The van der Waals surface area contributed by atoms with Crippen LogP contribution in [0.3, 0.4) is 0 Å². The number of nitro groups is 1. The van der Waals surface area contributed by atoms with E-state index in [1.807, 2.05) is 13.8 Å². The van der Waals surface area contributed by atoms with Gasteiger partial charge in [-0.25, -0.2) is 8.42 Å². The highest BCUT2D eigenvalue weighted by molar-refractivity contribution is 7.91. The Morgan fingerprint density at radius 2 is 1.95 bits per heavy atom. The smallest absolute Gasteiger partial charge is 0.269 e. The lowest BCUT2D eigenvalue weighted by molar-refractivity contribution is -0.384. The second-order valence-corrected chi connectivity index (χ2v) is 8.18. The molecule has 1 aromatic rings. The Kier molecular flexibility index (Phi) is 4.72. The highest BCUT2D eigenvalue weighted by atomic mass is 32.2. The van der Waals surface area contributed by atoms with Crippen molar-refractivity contribution < 1.29 is 18.1 Å². The van der Waals surface area contributed by atoms with Crippen molar-refractivity contribution in [1.29, 1.82) is 0 Å². The number of hydrogen-bond donors (Lipinski definition) is 0. The molecule has 8 heteroatoms. The van der Waals surface area contributed by atoms with Crippen molar-refractivity contribution >= 4 is 15.5 Å². The first-order valence-corrected chi connectivity index (χ1v) is 8.84. The minimum absolute atomic E-state index is 0.0229. The maximum absolute atomic E-state index is 11.7. The lowest BCUT2D eigenvalue weighted by atomic mass is 10.1. The van der Waals surface area contributed by atoms with E-state index >= 15 is 0 Å². The van der Waals surface area contributed by atoms with Crippen LogP contribution in [-0.2, 0) is 9.84 Å². The van der Waals surface area contributed by atoms with Gasteiger partial charge in [-0.3, -0.25) is 15.0 Å². The summed E-state index contributed by atoms with van der Waals surface area (Å²) in [7, 11) is -2.96. The molecule has 7 nitrogen and oxygen atoms in total. The Balaban J connectivity index is 1.87. The lowest BCUT2D eigenvalue weighted by Gasteiger charge is -2.41. The number of sulfone groups is 1. The maximum atomic E-state index is 11.7. The standard InChI is InChI=1S/C14H20N2O5S/c1-14(2)11-22(19,20)10-8-15(14)7-9-21-13-5-3-12(4-6-13)16(17)18/h3-6H,7-11H2,1-2H3. The molecule has 0 spiro atoms. The van der Waals surface area contributed by atoms with E-state index in [4.69, 9.17) is 4.74 Å². The fourth-order valence-electron chi connectivity index (χ4n) is 2.61. The molecular formula is C14H20N2O5S. The van der Waals surface area contributed by atoms with Gasteiger partial charge >= 0.3 is 0 Å². The Bertz CT molecular complexity index is 640. The van der Waals surface area contributed by atoms with E-state index < -0.39 is 20.3 Å². The monoisotopic (exact) mass is 328 g/mol. The SMILES string of the molecule is CC1(C)CS(=O)(=O)CCN1CCOc1ccc([N+](=O)[O-])cc1.